The molecule has 0 radical (unpaired) electrons. The van der Waals surface area contributed by atoms with Crippen molar-refractivity contribution in [2.45, 2.75) is 17.9 Å². The van der Waals surface area contributed by atoms with Crippen LogP contribution in [0.15, 0.2) is 53.6 Å². The van der Waals surface area contributed by atoms with E-state index in [1.165, 1.54) is 61.0 Å². The van der Waals surface area contributed by atoms with Gasteiger partial charge in [0.2, 0.25) is 0 Å². The van der Waals surface area contributed by atoms with E-state index in [9.17, 15) is 18.3 Å². The molecule has 1 heterocycles. The Balaban J connectivity index is 1.87. The van der Waals surface area contributed by atoms with Crippen molar-refractivity contribution in [1.82, 2.24) is 4.98 Å². The minimum Gasteiger partial charge on any atom is -0.488 e. The molecule has 1 unspecified atom stereocenters. The molecule has 1 atom stereocenters. The standard InChI is InChI=1S/C21H22N2O7S2/c1-13(12-24)29-16-8-14(20(25)23-21-22-11-19(28-2)31-21)9-17(10-16)30-15-4-6-18(7-5-15)32(3,26)27/h4-11,13,24H,12H2,1-3H3,(H,22,23,25). The van der Waals surface area contributed by atoms with E-state index >= 15 is 0 Å². The summed E-state index contributed by atoms with van der Waals surface area (Å²) in [5, 5.41) is 12.9. The largest absolute Gasteiger partial charge is 0.488 e. The average Bonchev–Trinajstić information content (AvgIpc) is 3.20. The van der Waals surface area contributed by atoms with Crippen molar-refractivity contribution >= 4 is 32.2 Å². The topological polar surface area (TPSA) is 124 Å². The van der Waals surface area contributed by atoms with Crippen LogP contribution in [0.3, 0.4) is 0 Å². The molecule has 3 aromatic rings. The van der Waals surface area contributed by atoms with E-state index in [0.717, 1.165) is 6.26 Å². The van der Waals surface area contributed by atoms with Gasteiger partial charge in [-0.05, 0) is 43.3 Å². The van der Waals surface area contributed by atoms with Crippen LogP contribution in [0.2, 0.25) is 0 Å². The number of aliphatic hydroxyl groups excluding tert-OH is 1. The van der Waals surface area contributed by atoms with Crippen LogP contribution in [0, 0.1) is 0 Å². The van der Waals surface area contributed by atoms with Gasteiger partial charge in [0.05, 0.1) is 24.8 Å². The van der Waals surface area contributed by atoms with Gasteiger partial charge < -0.3 is 19.3 Å². The van der Waals surface area contributed by atoms with Gasteiger partial charge in [-0.25, -0.2) is 13.4 Å². The number of amides is 1. The zero-order chi connectivity index (χ0) is 23.3. The van der Waals surface area contributed by atoms with Crippen molar-refractivity contribution in [3.05, 3.63) is 54.2 Å². The van der Waals surface area contributed by atoms with Crippen LogP contribution in [-0.4, -0.2) is 50.5 Å². The number of thiazole rings is 1. The van der Waals surface area contributed by atoms with Crippen LogP contribution in [0.5, 0.6) is 22.3 Å². The van der Waals surface area contributed by atoms with Gasteiger partial charge in [-0.1, -0.05) is 11.3 Å². The summed E-state index contributed by atoms with van der Waals surface area (Å²) in [6.45, 7) is 1.47. The summed E-state index contributed by atoms with van der Waals surface area (Å²) in [5.74, 6) is 0.544. The lowest BCUT2D eigenvalue weighted by Crippen LogP contribution is -2.17. The molecule has 0 fully saturated rings. The molecule has 32 heavy (non-hydrogen) atoms. The number of rotatable bonds is 9. The SMILES string of the molecule is COc1cnc(NC(=O)c2cc(Oc3ccc(S(C)(=O)=O)cc3)cc(OC(C)CO)c2)s1. The normalized spacial score (nSPS) is 12.1. The Labute approximate surface area is 189 Å². The number of aliphatic hydroxyl groups is 1. The quantitative estimate of drug-likeness (QED) is 0.480. The molecule has 0 saturated carbocycles. The lowest BCUT2D eigenvalue weighted by molar-refractivity contribution is 0.102. The van der Waals surface area contributed by atoms with Crippen molar-refractivity contribution in [3.63, 3.8) is 0 Å². The van der Waals surface area contributed by atoms with Gasteiger partial charge in [0, 0.05) is 17.9 Å². The fraction of sp³-hybridized carbons (Fsp3) is 0.238. The molecule has 170 valence electrons. The monoisotopic (exact) mass is 478 g/mol. The van der Waals surface area contributed by atoms with Gasteiger partial charge in [0.25, 0.3) is 5.91 Å². The third-order valence-electron chi connectivity index (χ3n) is 4.13. The minimum absolute atomic E-state index is 0.164. The number of ether oxygens (including phenoxy) is 3. The molecule has 0 aliphatic heterocycles. The summed E-state index contributed by atoms with van der Waals surface area (Å²) in [6, 6.07) is 10.5. The van der Waals surface area contributed by atoms with Gasteiger partial charge in [0.15, 0.2) is 20.0 Å². The molecule has 0 bridgehead atoms. The Morgan fingerprint density at radius 1 is 1.16 bits per heavy atom. The number of anilines is 1. The van der Waals surface area contributed by atoms with E-state index < -0.39 is 21.8 Å². The number of hydrogen-bond acceptors (Lipinski definition) is 9. The van der Waals surface area contributed by atoms with Gasteiger partial charge in [-0.3, -0.25) is 10.1 Å². The van der Waals surface area contributed by atoms with Gasteiger partial charge >= 0.3 is 0 Å². The number of aromatic nitrogens is 1. The summed E-state index contributed by atoms with van der Waals surface area (Å²) in [4.78, 5) is 17.0. The molecule has 11 heteroatoms. The highest BCUT2D eigenvalue weighted by Gasteiger charge is 2.15. The van der Waals surface area contributed by atoms with E-state index in [0.29, 0.717) is 27.4 Å². The van der Waals surface area contributed by atoms with Crippen LogP contribution in [0.4, 0.5) is 5.13 Å². The summed E-state index contributed by atoms with van der Waals surface area (Å²) in [6.07, 6.45) is 2.12. The molecule has 9 nitrogen and oxygen atoms in total. The number of benzene rings is 2. The molecule has 0 spiro atoms. The summed E-state index contributed by atoms with van der Waals surface area (Å²) in [5.41, 5.74) is 0.240. The van der Waals surface area contributed by atoms with Gasteiger partial charge in [-0.2, -0.15) is 0 Å². The summed E-state index contributed by atoms with van der Waals surface area (Å²) in [7, 11) is -1.82. The predicted octanol–water partition coefficient (Wildman–Crippen LogP) is 3.36. The minimum atomic E-state index is -3.33. The molecular weight excluding hydrogens is 456 g/mol. The smallest absolute Gasteiger partial charge is 0.257 e. The van der Waals surface area contributed by atoms with Crippen molar-refractivity contribution in [3.8, 4) is 22.3 Å². The molecule has 2 N–H and O–H groups in total. The van der Waals surface area contributed by atoms with E-state index in [1.54, 1.807) is 13.0 Å². The third-order valence-corrected chi connectivity index (χ3v) is 6.13. The summed E-state index contributed by atoms with van der Waals surface area (Å²) < 4.78 is 39.8. The Kier molecular flexibility index (Phi) is 7.33. The highest BCUT2D eigenvalue weighted by Crippen LogP contribution is 2.30. The van der Waals surface area contributed by atoms with Crippen LogP contribution < -0.4 is 19.5 Å². The zero-order valence-corrected chi connectivity index (χ0v) is 19.2. The van der Waals surface area contributed by atoms with E-state index in [2.05, 4.69) is 10.3 Å². The van der Waals surface area contributed by atoms with E-state index in [4.69, 9.17) is 14.2 Å². The van der Waals surface area contributed by atoms with Gasteiger partial charge in [-0.15, -0.1) is 0 Å². The number of hydrogen-bond donors (Lipinski definition) is 2. The van der Waals surface area contributed by atoms with Crippen LogP contribution >= 0.6 is 11.3 Å². The summed E-state index contributed by atoms with van der Waals surface area (Å²) >= 11 is 1.17. The van der Waals surface area contributed by atoms with E-state index in [-0.39, 0.29) is 17.1 Å². The molecule has 0 aliphatic carbocycles. The first-order valence-corrected chi connectivity index (χ1v) is 12.1. The maximum atomic E-state index is 12.8. The van der Waals surface area contributed by atoms with Crippen molar-refractivity contribution in [2.24, 2.45) is 0 Å². The van der Waals surface area contributed by atoms with Crippen molar-refractivity contribution < 1.29 is 32.5 Å². The van der Waals surface area contributed by atoms with Crippen LogP contribution in [-0.2, 0) is 9.84 Å². The number of carbonyl (C=O) groups excluding carboxylic acids is 1. The Morgan fingerprint density at radius 3 is 2.44 bits per heavy atom. The second-order valence-corrected chi connectivity index (χ2v) is 9.80. The Bertz CT molecular complexity index is 1190. The lowest BCUT2D eigenvalue weighted by atomic mass is 10.2. The molecule has 1 amide bonds. The first-order valence-electron chi connectivity index (χ1n) is 9.39. The molecular formula is C21H22N2O7S2. The first-order chi connectivity index (χ1) is 15.2. The van der Waals surface area contributed by atoms with Crippen molar-refractivity contribution in [2.75, 3.05) is 25.3 Å². The van der Waals surface area contributed by atoms with Crippen LogP contribution in [0.1, 0.15) is 17.3 Å². The third kappa shape index (κ3) is 6.19. The maximum Gasteiger partial charge on any atom is 0.257 e. The Hall–Kier alpha value is -3.15. The molecule has 0 aliphatic rings. The lowest BCUT2D eigenvalue weighted by Gasteiger charge is -2.15. The first kappa shape index (κ1) is 23.5. The van der Waals surface area contributed by atoms with Gasteiger partial charge in [0.1, 0.15) is 23.4 Å². The molecule has 0 saturated heterocycles. The molecule has 3 rings (SSSR count). The molecule has 2 aromatic carbocycles. The zero-order valence-electron chi connectivity index (χ0n) is 17.6. The second kappa shape index (κ2) is 9.98. The fourth-order valence-electron chi connectivity index (χ4n) is 2.57. The number of methoxy groups -OCH3 is 1. The molecule has 1 aromatic heterocycles. The highest BCUT2D eigenvalue weighted by molar-refractivity contribution is 7.90. The Morgan fingerprint density at radius 2 is 1.84 bits per heavy atom. The number of carbonyl (C=O) groups is 1. The average molecular weight is 479 g/mol. The van der Waals surface area contributed by atoms with E-state index in [1.807, 2.05) is 0 Å². The fourth-order valence-corrected chi connectivity index (χ4v) is 3.83. The number of sulfone groups is 1. The number of nitrogens with one attached hydrogen (secondary N) is 1. The predicted molar refractivity (Wildman–Crippen MR) is 120 cm³/mol. The number of nitrogens with zero attached hydrogens (tertiary/aromatic N) is 1. The van der Waals surface area contributed by atoms with Crippen molar-refractivity contribution in [1.29, 1.82) is 0 Å². The highest BCUT2D eigenvalue weighted by atomic mass is 32.2. The van der Waals surface area contributed by atoms with Crippen LogP contribution in [0.25, 0.3) is 0 Å². The second-order valence-electron chi connectivity index (χ2n) is 6.79. The maximum absolute atomic E-state index is 12.8.